The van der Waals surface area contributed by atoms with Gasteiger partial charge in [0.05, 0.1) is 0 Å². The molecular weight excluding hydrogens is 294 g/mol. The number of hydrogen-bond donors (Lipinski definition) is 0. The van der Waals surface area contributed by atoms with Crippen LogP contribution < -0.4 is 0 Å². The summed E-state index contributed by atoms with van der Waals surface area (Å²) < 4.78 is 0. The van der Waals surface area contributed by atoms with Gasteiger partial charge in [0.1, 0.15) is 0 Å². The number of fused-ring (bicyclic) bond motifs is 1. The Morgan fingerprint density at radius 1 is 0.917 bits per heavy atom. The van der Waals surface area contributed by atoms with Crippen LogP contribution in [0.2, 0.25) is 0 Å². The third-order valence-corrected chi connectivity index (χ3v) is 4.92. The highest BCUT2D eigenvalue weighted by Crippen LogP contribution is 2.36. The van der Waals surface area contributed by atoms with E-state index in [1.54, 1.807) is 6.08 Å². The van der Waals surface area contributed by atoms with Gasteiger partial charge in [-0.1, -0.05) is 54.6 Å². The Morgan fingerprint density at radius 2 is 1.62 bits per heavy atom. The molecule has 2 heteroatoms. The van der Waals surface area contributed by atoms with Gasteiger partial charge in [-0.3, -0.25) is 4.79 Å². The number of carbonyl (C=O) groups is 1. The summed E-state index contributed by atoms with van der Waals surface area (Å²) in [6, 6.07) is 18.0. The van der Waals surface area contributed by atoms with Crippen molar-refractivity contribution in [3.8, 4) is 0 Å². The molecule has 0 atom stereocenters. The first-order valence-electron chi connectivity index (χ1n) is 8.67. The van der Waals surface area contributed by atoms with Gasteiger partial charge in [-0.05, 0) is 36.1 Å². The SMILES string of the molecule is O=C(/C=C\C1=C(N2CCCC2)Cc2ccccc21)c1ccccc1. The topological polar surface area (TPSA) is 20.3 Å². The first-order valence-corrected chi connectivity index (χ1v) is 8.67. The van der Waals surface area contributed by atoms with Gasteiger partial charge in [0.2, 0.25) is 0 Å². The minimum atomic E-state index is 0.0632. The van der Waals surface area contributed by atoms with E-state index >= 15 is 0 Å². The Kier molecular flexibility index (Phi) is 4.04. The lowest BCUT2D eigenvalue weighted by molar-refractivity contribution is 0.104. The summed E-state index contributed by atoms with van der Waals surface area (Å²) in [6.07, 6.45) is 7.26. The molecule has 1 aliphatic carbocycles. The molecule has 0 saturated carbocycles. The van der Waals surface area contributed by atoms with Crippen LogP contribution in [-0.2, 0) is 6.42 Å². The smallest absolute Gasteiger partial charge is 0.185 e. The van der Waals surface area contributed by atoms with E-state index < -0.39 is 0 Å². The van der Waals surface area contributed by atoms with Gasteiger partial charge >= 0.3 is 0 Å². The van der Waals surface area contributed by atoms with Crippen molar-refractivity contribution < 1.29 is 4.79 Å². The van der Waals surface area contributed by atoms with Crippen LogP contribution in [0.1, 0.15) is 34.3 Å². The Balaban J connectivity index is 1.67. The molecule has 0 unspecified atom stereocenters. The molecule has 2 aliphatic rings. The zero-order valence-electron chi connectivity index (χ0n) is 13.7. The summed E-state index contributed by atoms with van der Waals surface area (Å²) in [6.45, 7) is 2.26. The van der Waals surface area contributed by atoms with Crippen molar-refractivity contribution in [3.05, 3.63) is 89.1 Å². The Hall–Kier alpha value is -2.61. The second-order valence-corrected chi connectivity index (χ2v) is 6.45. The lowest BCUT2D eigenvalue weighted by Crippen LogP contribution is -2.19. The van der Waals surface area contributed by atoms with Gasteiger partial charge in [-0.25, -0.2) is 0 Å². The second-order valence-electron chi connectivity index (χ2n) is 6.45. The summed E-state index contributed by atoms with van der Waals surface area (Å²) in [7, 11) is 0. The second kappa shape index (κ2) is 6.48. The van der Waals surface area contributed by atoms with Gasteiger partial charge < -0.3 is 4.90 Å². The van der Waals surface area contributed by atoms with Gasteiger partial charge in [0.25, 0.3) is 0 Å². The van der Waals surface area contributed by atoms with E-state index in [2.05, 4.69) is 29.2 Å². The number of hydrogen-bond acceptors (Lipinski definition) is 2. The van der Waals surface area contributed by atoms with E-state index in [9.17, 15) is 4.79 Å². The molecule has 0 bridgehead atoms. The number of allylic oxidation sites excluding steroid dienone is 4. The van der Waals surface area contributed by atoms with Crippen LogP contribution in [0.5, 0.6) is 0 Å². The largest absolute Gasteiger partial charge is 0.374 e. The summed E-state index contributed by atoms with van der Waals surface area (Å²) >= 11 is 0. The molecule has 24 heavy (non-hydrogen) atoms. The number of rotatable bonds is 4. The predicted octanol–water partition coefficient (Wildman–Crippen LogP) is 4.49. The van der Waals surface area contributed by atoms with E-state index in [0.29, 0.717) is 0 Å². The minimum Gasteiger partial charge on any atom is -0.374 e. The first-order chi connectivity index (χ1) is 11.8. The van der Waals surface area contributed by atoms with E-state index in [-0.39, 0.29) is 5.78 Å². The Bertz CT molecular complexity index is 811. The highest BCUT2D eigenvalue weighted by molar-refractivity contribution is 6.06. The van der Waals surface area contributed by atoms with Crippen LogP contribution in [-0.4, -0.2) is 23.8 Å². The first kappa shape index (κ1) is 14.9. The van der Waals surface area contributed by atoms with E-state index in [0.717, 1.165) is 25.1 Å². The Morgan fingerprint density at radius 3 is 2.42 bits per heavy atom. The van der Waals surface area contributed by atoms with Gasteiger partial charge in [-0.2, -0.15) is 0 Å². The molecule has 1 heterocycles. The Labute approximate surface area is 143 Å². The minimum absolute atomic E-state index is 0.0632. The van der Waals surface area contributed by atoms with Crippen molar-refractivity contribution in [2.75, 3.05) is 13.1 Å². The van der Waals surface area contributed by atoms with Crippen LogP contribution in [0.3, 0.4) is 0 Å². The average Bonchev–Trinajstić information content (AvgIpc) is 3.28. The fourth-order valence-electron chi connectivity index (χ4n) is 3.68. The van der Waals surface area contributed by atoms with E-state index in [1.165, 1.54) is 35.2 Å². The molecule has 0 spiro atoms. The summed E-state index contributed by atoms with van der Waals surface area (Å²) in [5, 5.41) is 0. The molecule has 2 aromatic rings. The monoisotopic (exact) mass is 315 g/mol. The average molecular weight is 315 g/mol. The summed E-state index contributed by atoms with van der Waals surface area (Å²) in [5.41, 5.74) is 5.98. The molecule has 0 radical (unpaired) electrons. The van der Waals surface area contributed by atoms with Crippen molar-refractivity contribution >= 4 is 11.4 Å². The summed E-state index contributed by atoms with van der Waals surface area (Å²) in [5.74, 6) is 0.0632. The molecule has 0 N–H and O–H groups in total. The number of carbonyl (C=O) groups excluding carboxylic acids is 1. The highest BCUT2D eigenvalue weighted by Gasteiger charge is 2.25. The quantitative estimate of drug-likeness (QED) is 0.612. The van der Waals surface area contributed by atoms with Crippen LogP contribution in [0.25, 0.3) is 5.57 Å². The predicted molar refractivity (Wildman–Crippen MR) is 97.8 cm³/mol. The fraction of sp³-hybridized carbons (Fsp3) is 0.227. The third kappa shape index (κ3) is 2.80. The van der Waals surface area contributed by atoms with Gasteiger partial charge in [0.15, 0.2) is 5.78 Å². The zero-order chi connectivity index (χ0) is 16.4. The molecule has 1 fully saturated rings. The molecule has 120 valence electrons. The number of likely N-dealkylation sites (tertiary alicyclic amines) is 1. The van der Waals surface area contributed by atoms with Crippen molar-refractivity contribution in [2.45, 2.75) is 19.3 Å². The number of ketones is 1. The van der Waals surface area contributed by atoms with E-state index in [4.69, 9.17) is 0 Å². The molecule has 4 rings (SSSR count). The standard InChI is InChI=1S/C22H21NO/c24-22(17-8-2-1-3-9-17)13-12-20-19-11-5-4-10-18(19)16-21(20)23-14-6-7-15-23/h1-5,8-13H,6-7,14-16H2/b13-12-. The van der Waals surface area contributed by atoms with Crippen molar-refractivity contribution in [3.63, 3.8) is 0 Å². The molecule has 2 aromatic carbocycles. The van der Waals surface area contributed by atoms with Crippen LogP contribution in [0.4, 0.5) is 0 Å². The molecular formula is C22H21NO. The molecule has 1 saturated heterocycles. The summed E-state index contributed by atoms with van der Waals surface area (Å²) in [4.78, 5) is 14.9. The molecule has 0 amide bonds. The lowest BCUT2D eigenvalue weighted by Gasteiger charge is -2.20. The van der Waals surface area contributed by atoms with Crippen molar-refractivity contribution in [2.24, 2.45) is 0 Å². The maximum atomic E-state index is 12.4. The van der Waals surface area contributed by atoms with E-state index in [1.807, 2.05) is 36.4 Å². The van der Waals surface area contributed by atoms with Crippen LogP contribution in [0.15, 0.2) is 72.4 Å². The number of nitrogens with zero attached hydrogens (tertiary/aromatic N) is 1. The van der Waals surface area contributed by atoms with Gasteiger partial charge in [0, 0.05) is 36.3 Å². The van der Waals surface area contributed by atoms with Crippen LogP contribution >= 0.6 is 0 Å². The fourth-order valence-corrected chi connectivity index (χ4v) is 3.68. The highest BCUT2D eigenvalue weighted by atomic mass is 16.1. The maximum Gasteiger partial charge on any atom is 0.185 e. The zero-order valence-corrected chi connectivity index (χ0v) is 13.7. The van der Waals surface area contributed by atoms with Gasteiger partial charge in [-0.15, -0.1) is 0 Å². The molecule has 0 aromatic heterocycles. The third-order valence-electron chi connectivity index (χ3n) is 4.92. The molecule has 1 aliphatic heterocycles. The normalized spacial score (nSPS) is 16.9. The lowest BCUT2D eigenvalue weighted by atomic mass is 10.0. The number of benzene rings is 2. The van der Waals surface area contributed by atoms with Crippen molar-refractivity contribution in [1.82, 2.24) is 4.90 Å². The molecule has 2 nitrogen and oxygen atoms in total. The maximum absolute atomic E-state index is 12.4. The van der Waals surface area contributed by atoms with Crippen molar-refractivity contribution in [1.29, 1.82) is 0 Å². The van der Waals surface area contributed by atoms with Crippen LogP contribution in [0, 0.1) is 0 Å².